The fraction of sp³-hybridized carbons (Fsp3) is 0.488. The molecule has 19 heteroatoms. The van der Waals surface area contributed by atoms with E-state index in [0.29, 0.717) is 39.9 Å². The van der Waals surface area contributed by atoms with Gasteiger partial charge in [-0.15, -0.1) is 0 Å². The van der Waals surface area contributed by atoms with E-state index >= 15 is 0 Å². The van der Waals surface area contributed by atoms with Gasteiger partial charge in [-0.05, 0) is 42.8 Å². The van der Waals surface area contributed by atoms with Gasteiger partial charge in [0.15, 0.2) is 18.5 Å². The topological polar surface area (TPSA) is 246 Å². The summed E-state index contributed by atoms with van der Waals surface area (Å²) in [5, 5.41) is 85.2. The van der Waals surface area contributed by atoms with Gasteiger partial charge in [-0.3, -0.25) is 4.90 Å². The van der Waals surface area contributed by atoms with E-state index in [-0.39, 0.29) is 5.88 Å². The Hall–Kier alpha value is -4.03. The summed E-state index contributed by atoms with van der Waals surface area (Å²) in [6.45, 7) is 2.98. The number of piperazine rings is 1. The maximum Gasteiger partial charge on any atom is 0.496 e. The first-order valence-electron chi connectivity index (χ1n) is 20.1. The Morgan fingerprint density at radius 2 is 1.60 bits per heavy atom. The Morgan fingerprint density at radius 1 is 0.883 bits per heavy atom. The molecule has 0 bridgehead atoms. The monoisotopic (exact) mass is 833 g/mol. The van der Waals surface area contributed by atoms with Crippen LogP contribution in [0.1, 0.15) is 11.1 Å². The zero-order chi connectivity index (χ0) is 42.2. The maximum atomic E-state index is 11.4. The Kier molecular flexibility index (Phi) is 12.9. The number of rotatable bonds is 12. The highest BCUT2D eigenvalue weighted by molar-refractivity contribution is 6.62. The first-order valence-corrected chi connectivity index (χ1v) is 20.1. The number of aromatic nitrogens is 1. The Balaban J connectivity index is 1.00. The number of H-pyrrole nitrogens is 1. The van der Waals surface area contributed by atoms with Gasteiger partial charge in [-0.25, -0.2) is 4.99 Å². The first kappa shape index (κ1) is 42.7. The predicted molar refractivity (Wildman–Crippen MR) is 218 cm³/mol. The number of benzene rings is 3. The van der Waals surface area contributed by atoms with E-state index < -0.39 is 88.0 Å². The lowest BCUT2D eigenvalue weighted by Crippen LogP contribution is -2.64. The number of anilines is 1. The number of aliphatic hydroxyl groups is 7. The van der Waals surface area contributed by atoms with Gasteiger partial charge in [0.1, 0.15) is 55.1 Å². The average Bonchev–Trinajstić information content (AvgIpc) is 3.85. The summed E-state index contributed by atoms with van der Waals surface area (Å²) in [6, 6.07) is 22.3. The summed E-state index contributed by atoms with van der Waals surface area (Å²) in [5.41, 5.74) is 4.26. The second-order valence-corrected chi connectivity index (χ2v) is 15.8. The highest BCUT2D eigenvalue weighted by Crippen LogP contribution is 2.36. The van der Waals surface area contributed by atoms with Crippen molar-refractivity contribution in [2.75, 3.05) is 64.9 Å². The molecule has 8 rings (SSSR count). The van der Waals surface area contributed by atoms with Crippen LogP contribution in [0.2, 0.25) is 0 Å². The number of likely N-dealkylation sites (N-methyl/N-ethyl adjacent to an activating group) is 2. The minimum Gasteiger partial charge on any atom is -0.494 e. The highest BCUT2D eigenvalue weighted by atomic mass is 16.8. The Labute approximate surface area is 346 Å². The van der Waals surface area contributed by atoms with E-state index in [0.717, 1.165) is 37.4 Å². The van der Waals surface area contributed by atoms with Crippen LogP contribution in [0, 0.1) is 0 Å². The van der Waals surface area contributed by atoms with Gasteiger partial charge < -0.3 is 79.2 Å². The number of aromatic amines is 1. The number of β-amino-alcohol motifs (C(OH)–C–C–N with tert-alkyl or cyclic N) is 1. The van der Waals surface area contributed by atoms with Gasteiger partial charge in [0.2, 0.25) is 0 Å². The molecular formula is C41H52BN5O13. The molecule has 60 heavy (non-hydrogen) atoms. The summed E-state index contributed by atoms with van der Waals surface area (Å²) < 4.78 is 29.4. The van der Waals surface area contributed by atoms with Crippen molar-refractivity contribution in [1.82, 2.24) is 14.8 Å². The van der Waals surface area contributed by atoms with Gasteiger partial charge >= 0.3 is 7.12 Å². The molecule has 4 saturated heterocycles. The van der Waals surface area contributed by atoms with Crippen molar-refractivity contribution in [3.63, 3.8) is 0 Å². The van der Waals surface area contributed by atoms with Crippen molar-refractivity contribution in [2.45, 2.75) is 67.6 Å². The van der Waals surface area contributed by atoms with E-state index in [1.54, 1.807) is 18.2 Å². The van der Waals surface area contributed by atoms with Crippen molar-refractivity contribution in [1.29, 1.82) is 0 Å². The largest absolute Gasteiger partial charge is 0.496 e. The highest BCUT2D eigenvalue weighted by Gasteiger charge is 2.56. The Bertz CT molecular complexity index is 2090. The molecule has 4 aromatic rings. The summed E-state index contributed by atoms with van der Waals surface area (Å²) in [4.78, 5) is 14.5. The second kappa shape index (κ2) is 18.1. The number of nitrogens with one attached hydrogen (secondary N) is 1. The van der Waals surface area contributed by atoms with Crippen LogP contribution < -0.4 is 10.4 Å². The molecule has 11 atom stereocenters. The molecule has 322 valence electrons. The lowest BCUT2D eigenvalue weighted by molar-refractivity contribution is -0.345. The summed E-state index contributed by atoms with van der Waals surface area (Å²) in [5.74, 6) is -0.118. The molecular weight excluding hydrogens is 781 g/mol. The van der Waals surface area contributed by atoms with E-state index in [4.69, 9.17) is 28.5 Å². The van der Waals surface area contributed by atoms with Gasteiger partial charge in [0.25, 0.3) is 0 Å². The van der Waals surface area contributed by atoms with Crippen molar-refractivity contribution in [2.24, 2.45) is 4.99 Å². The third kappa shape index (κ3) is 8.57. The second-order valence-electron chi connectivity index (χ2n) is 15.8. The van der Waals surface area contributed by atoms with Crippen LogP contribution in [0.25, 0.3) is 10.9 Å². The summed E-state index contributed by atoms with van der Waals surface area (Å²) in [7, 11) is 2.91. The molecule has 3 aromatic carbocycles. The molecule has 1 unspecified atom stereocenters. The molecule has 4 fully saturated rings. The fourth-order valence-corrected chi connectivity index (χ4v) is 8.15. The van der Waals surface area contributed by atoms with Gasteiger partial charge in [-0.1, -0.05) is 42.5 Å². The van der Waals surface area contributed by atoms with E-state index in [9.17, 15) is 40.9 Å². The van der Waals surface area contributed by atoms with Crippen LogP contribution >= 0.6 is 0 Å². The van der Waals surface area contributed by atoms with Gasteiger partial charge in [0, 0.05) is 61.9 Å². The van der Waals surface area contributed by atoms with Crippen LogP contribution in [0.4, 0.5) is 11.4 Å². The molecule has 0 amide bonds. The molecule has 4 aliphatic rings. The molecule has 9 N–H and O–H groups in total. The lowest BCUT2D eigenvalue weighted by Gasteiger charge is -2.45. The number of aliphatic hydroxyl groups excluding tert-OH is 7. The predicted octanol–water partition coefficient (Wildman–Crippen LogP) is -1.58. The van der Waals surface area contributed by atoms with Crippen molar-refractivity contribution in [3.05, 3.63) is 83.9 Å². The van der Waals surface area contributed by atoms with Gasteiger partial charge in [0.05, 0.1) is 30.2 Å². The minimum atomic E-state index is -1.74. The number of fused-ring (bicyclic) bond motifs is 2. The summed E-state index contributed by atoms with van der Waals surface area (Å²) >= 11 is 0. The van der Waals surface area contributed by atoms with Crippen molar-refractivity contribution >= 4 is 40.6 Å². The zero-order valence-corrected chi connectivity index (χ0v) is 33.2. The number of ether oxygens (including phenoxy) is 3. The third-order valence-electron chi connectivity index (χ3n) is 11.8. The number of hydrogen-bond acceptors (Lipinski definition) is 17. The van der Waals surface area contributed by atoms with Crippen LogP contribution in [-0.4, -0.2) is 196 Å². The molecule has 4 aliphatic heterocycles. The smallest absolute Gasteiger partial charge is 0.494 e. The SMILES string of the molecule is CN1CCN(CC(O)N(C)c2ccc(N=C(c3ccccc3)c3c(O)[nH]c4cc(B5O[C@H]6O[C@H](CO)[C@@H](O[C@@H]7O[C@H](CO)[C@H](O)[C@H](O)[C@H]7O)[C@H](O)[C@H]6O5)ccc34)cc2)CC1. The standard InChI is InChI=1S/C41H52BN5O13/c1-45-14-16-47(17-15-45)19-30(50)46(2)25-11-9-24(10-12-25)43-32(22-6-4-3-5-7-22)31-26-13-8-23(18-27(26)44-39(31)55)42-59-38-36(54)37(29(21-49)57-41(38)60-42)58-40-35(53)34(52)33(51)28(20-48)56-40/h3-13,18,28-30,33-38,40-41,44,48-55H,14-17,19-21H2,1-2H3/t28-,29-,30?,33+,34+,35-,36+,37-,38-,40+,41-/m1/s1. The van der Waals surface area contributed by atoms with Crippen LogP contribution in [0.15, 0.2) is 77.8 Å². The van der Waals surface area contributed by atoms with Crippen molar-refractivity contribution in [3.8, 4) is 5.88 Å². The molecule has 18 nitrogen and oxygen atoms in total. The molecule has 0 aliphatic carbocycles. The number of nitrogens with zero attached hydrogens (tertiary/aromatic N) is 4. The summed E-state index contributed by atoms with van der Waals surface area (Å²) in [6.07, 6.45) is -14.8. The quantitative estimate of drug-likeness (QED) is 0.0444. The van der Waals surface area contributed by atoms with Crippen LogP contribution in [0.3, 0.4) is 0 Å². The third-order valence-corrected chi connectivity index (χ3v) is 11.8. The van der Waals surface area contributed by atoms with E-state index in [1.165, 1.54) is 0 Å². The zero-order valence-electron chi connectivity index (χ0n) is 33.2. The average molecular weight is 834 g/mol. The normalized spacial score (nSPS) is 31.1. The van der Waals surface area contributed by atoms with Crippen LogP contribution in [-0.2, 0) is 23.5 Å². The fourth-order valence-electron chi connectivity index (χ4n) is 8.15. The number of aliphatic imine (C=N–C) groups is 1. The molecule has 0 saturated carbocycles. The van der Waals surface area contributed by atoms with E-state index in [2.05, 4.69) is 21.8 Å². The molecule has 5 heterocycles. The maximum absolute atomic E-state index is 11.4. The number of aromatic hydroxyl groups is 1. The van der Waals surface area contributed by atoms with Gasteiger partial charge in [-0.2, -0.15) is 0 Å². The lowest BCUT2D eigenvalue weighted by atomic mass is 9.79. The van der Waals surface area contributed by atoms with Crippen molar-refractivity contribution < 1.29 is 64.4 Å². The molecule has 0 spiro atoms. The minimum absolute atomic E-state index is 0.118. The Morgan fingerprint density at radius 3 is 2.30 bits per heavy atom. The molecule has 1 aromatic heterocycles. The van der Waals surface area contributed by atoms with Crippen LogP contribution in [0.5, 0.6) is 5.88 Å². The first-order chi connectivity index (χ1) is 28.9. The number of hydrogen-bond donors (Lipinski definition) is 9. The van der Waals surface area contributed by atoms with E-state index in [1.807, 2.05) is 66.5 Å². The molecule has 0 radical (unpaired) electrons.